The van der Waals surface area contributed by atoms with E-state index in [-0.39, 0.29) is 11.3 Å². The van der Waals surface area contributed by atoms with Gasteiger partial charge in [-0.15, -0.1) is 6.58 Å². The van der Waals surface area contributed by atoms with Gasteiger partial charge in [-0.05, 0) is 0 Å². The third kappa shape index (κ3) is 1.06. The van der Waals surface area contributed by atoms with Crippen molar-refractivity contribution in [3.8, 4) is 0 Å². The fraction of sp³-hybridized carbons (Fsp3) is 0.625. The van der Waals surface area contributed by atoms with E-state index in [1.54, 1.807) is 0 Å². The van der Waals surface area contributed by atoms with Crippen LogP contribution in [-0.4, -0.2) is 11.9 Å². The second kappa shape index (κ2) is 2.11. The van der Waals surface area contributed by atoms with Gasteiger partial charge in [0.2, 0.25) is 5.91 Å². The van der Waals surface area contributed by atoms with Crippen LogP contribution in [0.5, 0.6) is 0 Å². The maximum Gasteiger partial charge on any atom is 0.222 e. The van der Waals surface area contributed by atoms with Crippen molar-refractivity contribution in [3.05, 3.63) is 12.7 Å². The lowest BCUT2D eigenvalue weighted by atomic mass is 9.79. The summed E-state index contributed by atoms with van der Waals surface area (Å²) in [4.78, 5) is 10.5. The number of hydrogen-bond donors (Lipinski definition) is 1. The second-order valence-electron chi connectivity index (χ2n) is 3.35. The minimum Gasteiger partial charge on any atom is -0.352 e. The minimum absolute atomic E-state index is 0.0495. The summed E-state index contributed by atoms with van der Waals surface area (Å²) < 4.78 is 0. The number of carbonyl (C=O) groups is 1. The van der Waals surface area contributed by atoms with Gasteiger partial charge < -0.3 is 5.32 Å². The number of hydrogen-bond acceptors (Lipinski definition) is 1. The van der Waals surface area contributed by atoms with Gasteiger partial charge in [0, 0.05) is 17.9 Å². The Morgan fingerprint density at radius 3 is 2.60 bits per heavy atom. The summed E-state index contributed by atoms with van der Waals surface area (Å²) in [5.41, 5.74) is 0.0495. The highest BCUT2D eigenvalue weighted by Gasteiger charge is 2.36. The van der Waals surface area contributed by atoms with Gasteiger partial charge in [-0.1, -0.05) is 19.9 Å². The molecule has 0 aromatic heterocycles. The van der Waals surface area contributed by atoms with E-state index in [0.717, 1.165) is 0 Å². The molecule has 1 rings (SSSR count). The lowest BCUT2D eigenvalue weighted by Crippen LogP contribution is -2.55. The van der Waals surface area contributed by atoms with Crippen molar-refractivity contribution in [2.45, 2.75) is 26.3 Å². The van der Waals surface area contributed by atoms with Crippen molar-refractivity contribution in [2.24, 2.45) is 5.41 Å². The van der Waals surface area contributed by atoms with Crippen LogP contribution >= 0.6 is 0 Å². The number of rotatable bonds is 2. The summed E-state index contributed by atoms with van der Waals surface area (Å²) in [6, 6.07) is 0.303. The minimum atomic E-state index is 0.0495. The van der Waals surface area contributed by atoms with Crippen LogP contribution in [0.25, 0.3) is 0 Å². The third-order valence-electron chi connectivity index (χ3n) is 2.15. The molecule has 1 unspecified atom stereocenters. The summed E-state index contributed by atoms with van der Waals surface area (Å²) in [6.45, 7) is 7.86. The van der Waals surface area contributed by atoms with Gasteiger partial charge in [-0.2, -0.15) is 0 Å². The Labute approximate surface area is 61.3 Å². The maximum atomic E-state index is 10.5. The first kappa shape index (κ1) is 7.32. The van der Waals surface area contributed by atoms with Crippen LogP contribution in [0.4, 0.5) is 0 Å². The van der Waals surface area contributed by atoms with Crippen LogP contribution in [-0.2, 0) is 4.79 Å². The standard InChI is InChI=1S/C8H13NO/c1-4-8(2,3)6-5-7(10)9-6/h4,6H,1,5H2,2-3H3,(H,9,10). The Kier molecular flexibility index (Phi) is 1.55. The molecular formula is C8H13NO. The van der Waals surface area contributed by atoms with Crippen LogP contribution in [0.2, 0.25) is 0 Å². The molecule has 1 aliphatic rings. The van der Waals surface area contributed by atoms with Crippen LogP contribution in [0, 0.1) is 5.41 Å². The van der Waals surface area contributed by atoms with E-state index in [1.807, 2.05) is 6.08 Å². The van der Waals surface area contributed by atoms with E-state index in [4.69, 9.17) is 0 Å². The lowest BCUT2D eigenvalue weighted by Gasteiger charge is -2.38. The molecule has 1 fully saturated rings. The average Bonchev–Trinajstić information content (AvgIpc) is 1.81. The topological polar surface area (TPSA) is 29.1 Å². The molecule has 0 radical (unpaired) electrons. The van der Waals surface area contributed by atoms with Gasteiger partial charge in [-0.25, -0.2) is 0 Å². The predicted octanol–water partition coefficient (Wildman–Crippen LogP) is 1.09. The molecule has 0 aromatic carbocycles. The van der Waals surface area contributed by atoms with Crippen molar-refractivity contribution < 1.29 is 4.79 Å². The van der Waals surface area contributed by atoms with E-state index >= 15 is 0 Å². The zero-order chi connectivity index (χ0) is 7.78. The Morgan fingerprint density at radius 1 is 1.80 bits per heavy atom. The zero-order valence-electron chi connectivity index (χ0n) is 6.48. The fourth-order valence-electron chi connectivity index (χ4n) is 0.950. The van der Waals surface area contributed by atoms with Gasteiger partial charge in [0.15, 0.2) is 0 Å². The van der Waals surface area contributed by atoms with Crippen molar-refractivity contribution >= 4 is 5.91 Å². The quantitative estimate of drug-likeness (QED) is 0.450. The monoisotopic (exact) mass is 139 g/mol. The molecule has 0 aromatic rings. The van der Waals surface area contributed by atoms with Crippen LogP contribution < -0.4 is 5.32 Å². The molecular weight excluding hydrogens is 126 g/mol. The first-order valence-corrected chi connectivity index (χ1v) is 3.49. The molecule has 0 aliphatic carbocycles. The molecule has 0 saturated carbocycles. The van der Waals surface area contributed by atoms with Crippen LogP contribution in [0.15, 0.2) is 12.7 Å². The molecule has 0 spiro atoms. The molecule has 1 atom stereocenters. The molecule has 1 saturated heterocycles. The summed E-state index contributed by atoms with van der Waals surface area (Å²) in [6.07, 6.45) is 2.54. The molecule has 1 N–H and O–H groups in total. The Morgan fingerprint density at radius 2 is 2.30 bits per heavy atom. The fourth-order valence-corrected chi connectivity index (χ4v) is 0.950. The molecule has 1 aliphatic heterocycles. The van der Waals surface area contributed by atoms with Crippen molar-refractivity contribution in [3.63, 3.8) is 0 Å². The summed E-state index contributed by atoms with van der Waals surface area (Å²) in [7, 11) is 0. The molecule has 10 heavy (non-hydrogen) atoms. The summed E-state index contributed by atoms with van der Waals surface area (Å²) in [5.74, 6) is 0.153. The largest absolute Gasteiger partial charge is 0.352 e. The van der Waals surface area contributed by atoms with Gasteiger partial charge >= 0.3 is 0 Å². The first-order valence-electron chi connectivity index (χ1n) is 3.49. The molecule has 56 valence electrons. The highest BCUT2D eigenvalue weighted by molar-refractivity contribution is 5.83. The van der Waals surface area contributed by atoms with Crippen LogP contribution in [0.1, 0.15) is 20.3 Å². The van der Waals surface area contributed by atoms with Gasteiger partial charge in [0.05, 0.1) is 0 Å². The summed E-state index contributed by atoms with van der Waals surface area (Å²) >= 11 is 0. The Balaban J connectivity index is 2.51. The molecule has 1 amide bonds. The van der Waals surface area contributed by atoms with E-state index in [2.05, 4.69) is 25.7 Å². The average molecular weight is 139 g/mol. The van der Waals surface area contributed by atoms with E-state index < -0.39 is 0 Å². The molecule has 1 heterocycles. The SMILES string of the molecule is C=CC(C)(C)C1CC(=O)N1. The number of amides is 1. The maximum absolute atomic E-state index is 10.5. The number of carbonyl (C=O) groups excluding carboxylic acids is 1. The van der Waals surface area contributed by atoms with Crippen LogP contribution in [0.3, 0.4) is 0 Å². The Hall–Kier alpha value is -0.790. The van der Waals surface area contributed by atoms with E-state index in [0.29, 0.717) is 12.5 Å². The number of nitrogens with one attached hydrogen (secondary N) is 1. The van der Waals surface area contributed by atoms with Crippen molar-refractivity contribution in [1.29, 1.82) is 0 Å². The molecule has 2 heteroatoms. The molecule has 0 bridgehead atoms. The highest BCUT2D eigenvalue weighted by atomic mass is 16.2. The van der Waals surface area contributed by atoms with Gasteiger partial charge in [-0.3, -0.25) is 4.79 Å². The highest BCUT2D eigenvalue weighted by Crippen LogP contribution is 2.28. The van der Waals surface area contributed by atoms with Gasteiger partial charge in [0.25, 0.3) is 0 Å². The smallest absolute Gasteiger partial charge is 0.222 e. The lowest BCUT2D eigenvalue weighted by molar-refractivity contribution is -0.130. The first-order chi connectivity index (χ1) is 4.56. The third-order valence-corrected chi connectivity index (χ3v) is 2.15. The van der Waals surface area contributed by atoms with Crippen molar-refractivity contribution in [2.75, 3.05) is 0 Å². The second-order valence-corrected chi connectivity index (χ2v) is 3.35. The zero-order valence-corrected chi connectivity index (χ0v) is 6.48. The van der Waals surface area contributed by atoms with E-state index in [9.17, 15) is 4.79 Å². The van der Waals surface area contributed by atoms with Crippen molar-refractivity contribution in [1.82, 2.24) is 5.32 Å². The van der Waals surface area contributed by atoms with Gasteiger partial charge in [0.1, 0.15) is 0 Å². The molecule has 2 nitrogen and oxygen atoms in total. The normalized spacial score (nSPS) is 25.0. The Bertz CT molecular complexity index is 164. The summed E-state index contributed by atoms with van der Waals surface area (Å²) in [5, 5.41) is 2.82. The number of β-lactam (4-membered cyclic amide) rings is 1. The predicted molar refractivity (Wildman–Crippen MR) is 40.5 cm³/mol. The van der Waals surface area contributed by atoms with E-state index in [1.165, 1.54) is 0 Å².